The fourth-order valence-electron chi connectivity index (χ4n) is 7.02. The molecule has 0 bridgehead atoms. The predicted octanol–water partition coefficient (Wildman–Crippen LogP) is 9.25. The summed E-state index contributed by atoms with van der Waals surface area (Å²) in [6, 6.07) is 7.01. The summed E-state index contributed by atoms with van der Waals surface area (Å²) in [4.78, 5) is 37.4. The Morgan fingerprint density at radius 3 is 2.18 bits per heavy atom. The molecule has 11 heteroatoms. The Balaban J connectivity index is 1.38. The lowest BCUT2D eigenvalue weighted by Crippen LogP contribution is -2.56. The molecule has 0 radical (unpaired) electrons. The van der Waals surface area contributed by atoms with Gasteiger partial charge in [0.2, 0.25) is 11.8 Å². The number of hydrogen-bond donors (Lipinski definition) is 3. The molecule has 2 heterocycles. The standard InChI is InChI=1S/C40H65N7O3S/c1-6-7-8-9-10-11-13-16-19-33(45-46-41)20-17-14-12-15-18-25-42-37(40(3,4)5)39(50)47-28-34(48)26-35(47)38(49)43-27-31-21-23-32(24-22-31)36-30(2)44-29-51-36/h21-24,29,33-35,37,42,48H,6-20,25-28H2,1-5H3,(H,43,49)/t33?,34-,35+,37-/m1/s1. The van der Waals surface area contributed by atoms with E-state index in [2.05, 4.69) is 32.6 Å². The quantitative estimate of drug-likeness (QED) is 0.0428. The van der Waals surface area contributed by atoms with Gasteiger partial charge >= 0.3 is 0 Å². The number of rotatable bonds is 24. The Morgan fingerprint density at radius 2 is 1.61 bits per heavy atom. The maximum Gasteiger partial charge on any atom is 0.243 e. The molecule has 1 aliphatic rings. The molecule has 3 rings (SSSR count). The number of hydrogen-bond acceptors (Lipinski definition) is 7. The Kier molecular flexibility index (Phi) is 19.0. The molecule has 3 N–H and O–H groups in total. The number of amides is 2. The van der Waals surface area contributed by atoms with Crippen molar-refractivity contribution in [1.29, 1.82) is 0 Å². The van der Waals surface area contributed by atoms with E-state index < -0.39 is 18.2 Å². The Bertz CT molecular complexity index is 1350. The normalized spacial score (nSPS) is 17.3. The van der Waals surface area contributed by atoms with Gasteiger partial charge in [0.1, 0.15) is 6.04 Å². The third-order valence-corrected chi connectivity index (χ3v) is 11.1. The van der Waals surface area contributed by atoms with Gasteiger partial charge in [-0.2, -0.15) is 0 Å². The van der Waals surface area contributed by atoms with Gasteiger partial charge < -0.3 is 20.6 Å². The number of thiazole rings is 1. The lowest BCUT2D eigenvalue weighted by Gasteiger charge is -2.35. The van der Waals surface area contributed by atoms with Crippen molar-refractivity contribution in [2.45, 2.75) is 168 Å². The van der Waals surface area contributed by atoms with Crippen LogP contribution in [-0.4, -0.2) is 64.1 Å². The first kappa shape index (κ1) is 42.4. The van der Waals surface area contributed by atoms with Gasteiger partial charge in [-0.05, 0) is 54.8 Å². The maximum absolute atomic E-state index is 13.9. The highest BCUT2D eigenvalue weighted by atomic mass is 32.1. The van der Waals surface area contributed by atoms with E-state index in [0.717, 1.165) is 73.1 Å². The maximum atomic E-state index is 13.9. The molecule has 0 aliphatic carbocycles. The van der Waals surface area contributed by atoms with Crippen LogP contribution in [0.15, 0.2) is 34.9 Å². The number of nitrogens with zero attached hydrogens (tertiary/aromatic N) is 5. The number of aryl methyl sites for hydroxylation is 1. The highest BCUT2D eigenvalue weighted by Crippen LogP contribution is 2.28. The first-order valence-electron chi connectivity index (χ1n) is 19.6. The number of aliphatic hydroxyl groups is 1. The second-order valence-corrected chi connectivity index (χ2v) is 16.4. The molecule has 51 heavy (non-hydrogen) atoms. The SMILES string of the molecule is CCCCCCCCCCC(CCCCCCCN[C@H](C(=O)N1C[C@H](O)C[C@H]1C(=O)NCc1ccc(-c2scnc2C)cc1)C(C)(C)C)N=[N+]=[N-]. The number of aliphatic hydroxyl groups excluding tert-OH is 1. The van der Waals surface area contributed by atoms with Crippen LogP contribution in [0.25, 0.3) is 20.9 Å². The minimum Gasteiger partial charge on any atom is -0.391 e. The molecule has 10 nitrogen and oxygen atoms in total. The van der Waals surface area contributed by atoms with E-state index >= 15 is 0 Å². The smallest absolute Gasteiger partial charge is 0.243 e. The Labute approximate surface area is 311 Å². The molecule has 4 atom stereocenters. The summed E-state index contributed by atoms with van der Waals surface area (Å²) in [6.45, 7) is 11.6. The molecule has 0 saturated carbocycles. The van der Waals surface area contributed by atoms with E-state index in [1.54, 1.807) is 16.2 Å². The first-order chi connectivity index (χ1) is 24.5. The summed E-state index contributed by atoms with van der Waals surface area (Å²) < 4.78 is 0. The molecule has 1 saturated heterocycles. The van der Waals surface area contributed by atoms with Crippen LogP contribution in [0.2, 0.25) is 0 Å². The number of benzene rings is 1. The average molecular weight is 724 g/mol. The molecule has 0 spiro atoms. The van der Waals surface area contributed by atoms with Crippen molar-refractivity contribution in [1.82, 2.24) is 20.5 Å². The fraction of sp³-hybridized carbons (Fsp3) is 0.725. The molecular formula is C40H65N7O3S. The van der Waals surface area contributed by atoms with Crippen LogP contribution in [-0.2, 0) is 16.1 Å². The topological polar surface area (TPSA) is 143 Å². The number of nitrogens with one attached hydrogen (secondary N) is 2. The van der Waals surface area contributed by atoms with E-state index in [-0.39, 0.29) is 36.2 Å². The summed E-state index contributed by atoms with van der Waals surface area (Å²) >= 11 is 1.61. The molecule has 1 fully saturated rings. The molecule has 1 unspecified atom stereocenters. The van der Waals surface area contributed by atoms with Crippen LogP contribution in [0.5, 0.6) is 0 Å². The van der Waals surface area contributed by atoms with Crippen molar-refractivity contribution < 1.29 is 14.7 Å². The van der Waals surface area contributed by atoms with Crippen molar-refractivity contribution in [3.63, 3.8) is 0 Å². The molecule has 284 valence electrons. The van der Waals surface area contributed by atoms with Crippen molar-refractivity contribution in [3.05, 3.63) is 51.5 Å². The van der Waals surface area contributed by atoms with E-state index in [1.165, 1.54) is 44.9 Å². The number of azide groups is 1. The molecule has 1 aromatic carbocycles. The summed E-state index contributed by atoms with van der Waals surface area (Å²) in [5, 5.41) is 21.1. The van der Waals surface area contributed by atoms with E-state index in [0.29, 0.717) is 13.1 Å². The highest BCUT2D eigenvalue weighted by Gasteiger charge is 2.43. The largest absolute Gasteiger partial charge is 0.391 e. The second-order valence-electron chi connectivity index (χ2n) is 15.5. The number of aromatic nitrogens is 1. The van der Waals surface area contributed by atoms with Gasteiger partial charge in [0.25, 0.3) is 0 Å². The van der Waals surface area contributed by atoms with Gasteiger partial charge in [-0.3, -0.25) is 9.59 Å². The molecule has 1 aliphatic heterocycles. The van der Waals surface area contributed by atoms with Crippen molar-refractivity contribution >= 4 is 23.2 Å². The zero-order chi connectivity index (χ0) is 37.1. The summed E-state index contributed by atoms with van der Waals surface area (Å²) in [7, 11) is 0. The van der Waals surface area contributed by atoms with Gasteiger partial charge in [-0.25, -0.2) is 4.98 Å². The van der Waals surface area contributed by atoms with Crippen molar-refractivity contribution in [2.24, 2.45) is 10.5 Å². The minimum atomic E-state index is -0.731. The summed E-state index contributed by atoms with van der Waals surface area (Å²) in [6.07, 6.45) is 17.0. The van der Waals surface area contributed by atoms with Gasteiger partial charge in [0.05, 0.1) is 28.2 Å². The summed E-state index contributed by atoms with van der Waals surface area (Å²) in [5.74, 6) is -0.375. The number of likely N-dealkylation sites (tertiary alicyclic amines) is 1. The van der Waals surface area contributed by atoms with Gasteiger partial charge in [0.15, 0.2) is 0 Å². The van der Waals surface area contributed by atoms with Gasteiger partial charge in [0, 0.05) is 30.5 Å². The number of carbonyl (C=O) groups is 2. The van der Waals surface area contributed by atoms with Crippen molar-refractivity contribution in [2.75, 3.05) is 13.1 Å². The summed E-state index contributed by atoms with van der Waals surface area (Å²) in [5.41, 5.74) is 13.6. The molecule has 2 aromatic rings. The van der Waals surface area contributed by atoms with Crippen LogP contribution in [0.4, 0.5) is 0 Å². The monoisotopic (exact) mass is 723 g/mol. The highest BCUT2D eigenvalue weighted by molar-refractivity contribution is 7.13. The van der Waals surface area contributed by atoms with Crippen LogP contribution in [0.1, 0.15) is 142 Å². The van der Waals surface area contributed by atoms with Crippen LogP contribution >= 0.6 is 11.3 Å². The van der Waals surface area contributed by atoms with Gasteiger partial charge in [-0.1, -0.05) is 134 Å². The van der Waals surface area contributed by atoms with Crippen LogP contribution in [0.3, 0.4) is 0 Å². The lowest BCUT2D eigenvalue weighted by molar-refractivity contribution is -0.142. The van der Waals surface area contributed by atoms with E-state index in [1.807, 2.05) is 57.5 Å². The predicted molar refractivity (Wildman–Crippen MR) is 209 cm³/mol. The average Bonchev–Trinajstić information content (AvgIpc) is 3.72. The Hall–Kier alpha value is -2.98. The molecular weight excluding hydrogens is 659 g/mol. The number of unbranched alkanes of at least 4 members (excludes halogenated alkanes) is 11. The third-order valence-electron chi connectivity index (χ3n) is 10.1. The zero-order valence-electron chi connectivity index (χ0n) is 32.0. The number of carbonyl (C=O) groups excluding carboxylic acids is 2. The number of β-amino-alcohol motifs (C(OH)–C–C–N with tert-alkyl or cyclic N) is 1. The second kappa shape index (κ2) is 22.8. The van der Waals surface area contributed by atoms with Gasteiger partial charge in [-0.15, -0.1) is 11.3 Å². The molecule has 2 amide bonds. The minimum absolute atomic E-state index is 0.107. The van der Waals surface area contributed by atoms with Crippen LogP contribution < -0.4 is 10.6 Å². The van der Waals surface area contributed by atoms with E-state index in [4.69, 9.17) is 5.53 Å². The lowest BCUT2D eigenvalue weighted by atomic mass is 9.85. The Morgan fingerprint density at radius 1 is 1.00 bits per heavy atom. The zero-order valence-corrected chi connectivity index (χ0v) is 32.9. The fourth-order valence-corrected chi connectivity index (χ4v) is 7.84. The third kappa shape index (κ3) is 14.9. The van der Waals surface area contributed by atoms with Crippen LogP contribution in [0, 0.1) is 12.3 Å². The van der Waals surface area contributed by atoms with Crippen molar-refractivity contribution in [3.8, 4) is 10.4 Å². The van der Waals surface area contributed by atoms with E-state index in [9.17, 15) is 14.7 Å². The molecule has 1 aromatic heterocycles. The first-order valence-corrected chi connectivity index (χ1v) is 20.5.